The molecular formula is C22H26FN3O8S. The highest BCUT2D eigenvalue weighted by molar-refractivity contribution is 7.81. The maximum Gasteiger partial charge on any atom is 0.488 e. The van der Waals surface area contributed by atoms with E-state index in [2.05, 4.69) is 10.5 Å². The lowest BCUT2D eigenvalue weighted by atomic mass is 9.87. The van der Waals surface area contributed by atoms with Crippen molar-refractivity contribution < 1.29 is 40.1 Å². The number of nitrogens with zero attached hydrogens (tertiary/aromatic N) is 2. The number of amides is 3. The minimum Gasteiger partial charge on any atom is -0.444 e. The number of carbonyl (C=O) groups excluding carboxylic acids is 3. The van der Waals surface area contributed by atoms with Gasteiger partial charge in [0.05, 0.1) is 5.92 Å². The Morgan fingerprint density at radius 1 is 1.20 bits per heavy atom. The van der Waals surface area contributed by atoms with Gasteiger partial charge in [0.25, 0.3) is 0 Å². The van der Waals surface area contributed by atoms with Crippen molar-refractivity contribution in [1.82, 2.24) is 15.4 Å². The number of nitrogens with one attached hydrogen (secondary N) is 1. The van der Waals surface area contributed by atoms with E-state index in [0.29, 0.717) is 31.5 Å². The van der Waals surface area contributed by atoms with Crippen LogP contribution < -0.4 is 9.50 Å². The third-order valence-electron chi connectivity index (χ3n) is 5.99. The molecule has 2 aromatic rings. The smallest absolute Gasteiger partial charge is 0.444 e. The summed E-state index contributed by atoms with van der Waals surface area (Å²) in [4.78, 5) is 37.7. The summed E-state index contributed by atoms with van der Waals surface area (Å²) in [6.45, 7) is 6.01. The van der Waals surface area contributed by atoms with Crippen LogP contribution in [-0.4, -0.2) is 55.1 Å². The van der Waals surface area contributed by atoms with Gasteiger partial charge in [-0.1, -0.05) is 15.1 Å². The number of hydrogen-bond donors (Lipinski definition) is 1. The van der Waals surface area contributed by atoms with Crippen LogP contribution >= 0.6 is 0 Å². The molecule has 1 atom stereocenters. The molecule has 13 heteroatoms. The number of ether oxygens (including phenoxy) is 1. The van der Waals surface area contributed by atoms with Gasteiger partial charge in [0.15, 0.2) is 5.75 Å². The van der Waals surface area contributed by atoms with Crippen molar-refractivity contribution in [2.45, 2.75) is 63.9 Å². The SMILES string of the molecule is CC(C)(C)OC(=O)N1CCC(c2ccc3c(C4CCC(=O)NC4=O)noc3c2OS(=O)(=O)F)CC1. The molecule has 1 unspecified atom stereocenters. The van der Waals surface area contributed by atoms with Gasteiger partial charge in [0.1, 0.15) is 11.3 Å². The predicted octanol–water partition coefficient (Wildman–Crippen LogP) is 3.06. The molecule has 0 radical (unpaired) electrons. The molecule has 1 N–H and O–H groups in total. The summed E-state index contributed by atoms with van der Waals surface area (Å²) >= 11 is 0. The number of imide groups is 1. The molecule has 2 saturated heterocycles. The quantitative estimate of drug-likeness (QED) is 0.483. The standard InChI is InChI=1S/C22H26FN3O8S/c1-22(2,3)32-21(29)26-10-8-12(9-11-26)13-4-5-14-17(15-6-7-16(27)24-20(15)28)25-33-18(14)19(13)34-35(23,30)31/h4-5,12,15H,6-11H2,1-3H3,(H,24,27,28). The van der Waals surface area contributed by atoms with E-state index in [-0.39, 0.29) is 41.2 Å². The zero-order valence-corrected chi connectivity index (χ0v) is 20.3. The third-order valence-corrected chi connectivity index (χ3v) is 6.36. The van der Waals surface area contributed by atoms with Crippen LogP contribution in [0.3, 0.4) is 0 Å². The van der Waals surface area contributed by atoms with Crippen LogP contribution in [0.15, 0.2) is 16.7 Å². The zero-order valence-electron chi connectivity index (χ0n) is 19.5. The largest absolute Gasteiger partial charge is 0.488 e. The molecular weight excluding hydrogens is 485 g/mol. The second-order valence-corrected chi connectivity index (χ2v) is 10.6. The maximum atomic E-state index is 13.7. The van der Waals surface area contributed by atoms with Crippen LogP contribution in [-0.2, 0) is 24.8 Å². The summed E-state index contributed by atoms with van der Waals surface area (Å²) in [6, 6.07) is 3.20. The van der Waals surface area contributed by atoms with Gasteiger partial charge in [-0.2, -0.15) is 8.42 Å². The Morgan fingerprint density at radius 2 is 1.89 bits per heavy atom. The van der Waals surface area contributed by atoms with E-state index >= 15 is 0 Å². The molecule has 2 aliphatic heterocycles. The first-order chi connectivity index (χ1) is 16.3. The predicted molar refractivity (Wildman–Crippen MR) is 120 cm³/mol. The fraction of sp³-hybridized carbons (Fsp3) is 0.545. The Labute approximate surface area is 201 Å². The van der Waals surface area contributed by atoms with Crippen LogP contribution in [0, 0.1) is 0 Å². The highest BCUT2D eigenvalue weighted by Gasteiger charge is 2.35. The van der Waals surface area contributed by atoms with Gasteiger partial charge in [-0.3, -0.25) is 14.9 Å². The molecule has 0 spiro atoms. The van der Waals surface area contributed by atoms with E-state index in [0.717, 1.165) is 0 Å². The number of carbonyl (C=O) groups is 3. The molecule has 3 heterocycles. The molecule has 2 fully saturated rings. The van der Waals surface area contributed by atoms with Gasteiger partial charge in [-0.15, -0.1) is 0 Å². The van der Waals surface area contributed by atoms with Gasteiger partial charge in [-0.25, -0.2) is 4.79 Å². The van der Waals surface area contributed by atoms with Crippen LogP contribution in [0.4, 0.5) is 8.68 Å². The normalized spacial score (nSPS) is 20.1. The second kappa shape index (κ2) is 9.10. The van der Waals surface area contributed by atoms with Gasteiger partial charge in [0, 0.05) is 30.5 Å². The summed E-state index contributed by atoms with van der Waals surface area (Å²) in [5.74, 6) is -2.33. The molecule has 4 rings (SSSR count). The molecule has 35 heavy (non-hydrogen) atoms. The number of halogens is 1. The van der Waals surface area contributed by atoms with Crippen molar-refractivity contribution in [1.29, 1.82) is 0 Å². The molecule has 1 aromatic heterocycles. The van der Waals surface area contributed by atoms with Gasteiger partial charge < -0.3 is 18.3 Å². The average Bonchev–Trinajstić information content (AvgIpc) is 3.16. The molecule has 2 aliphatic rings. The summed E-state index contributed by atoms with van der Waals surface area (Å²) in [5, 5.41) is 6.45. The Morgan fingerprint density at radius 3 is 2.49 bits per heavy atom. The molecule has 0 bridgehead atoms. The Bertz CT molecular complexity index is 1280. The van der Waals surface area contributed by atoms with E-state index in [1.165, 1.54) is 0 Å². The number of benzene rings is 1. The number of likely N-dealkylation sites (tertiary alicyclic amines) is 1. The molecule has 0 saturated carbocycles. The number of rotatable bonds is 4. The fourth-order valence-electron chi connectivity index (χ4n) is 4.43. The lowest BCUT2D eigenvalue weighted by Crippen LogP contribution is -2.41. The van der Waals surface area contributed by atoms with E-state index in [4.69, 9.17) is 13.4 Å². The number of piperidine rings is 2. The second-order valence-electron chi connectivity index (χ2n) is 9.65. The van der Waals surface area contributed by atoms with Crippen LogP contribution in [0.1, 0.15) is 69.5 Å². The zero-order chi connectivity index (χ0) is 25.5. The van der Waals surface area contributed by atoms with E-state index < -0.39 is 39.9 Å². The molecule has 3 amide bonds. The van der Waals surface area contributed by atoms with Gasteiger partial charge in [-0.05, 0) is 52.0 Å². The average molecular weight is 512 g/mol. The molecule has 11 nitrogen and oxygen atoms in total. The van der Waals surface area contributed by atoms with Crippen LogP contribution in [0.5, 0.6) is 5.75 Å². The topological polar surface area (TPSA) is 145 Å². The molecule has 190 valence electrons. The van der Waals surface area contributed by atoms with E-state index in [1.54, 1.807) is 37.8 Å². The van der Waals surface area contributed by atoms with E-state index in [1.807, 2.05) is 0 Å². The summed E-state index contributed by atoms with van der Waals surface area (Å²) in [6.07, 6.45) is 0.762. The molecule has 1 aromatic carbocycles. The lowest BCUT2D eigenvalue weighted by molar-refractivity contribution is -0.134. The maximum absolute atomic E-state index is 13.7. The van der Waals surface area contributed by atoms with Crippen LogP contribution in [0.25, 0.3) is 11.0 Å². The summed E-state index contributed by atoms with van der Waals surface area (Å²) in [5.41, 5.74) is -0.161. The summed E-state index contributed by atoms with van der Waals surface area (Å²) < 4.78 is 52.0. The first kappa shape index (κ1) is 24.9. The van der Waals surface area contributed by atoms with Gasteiger partial charge in [0.2, 0.25) is 17.4 Å². The highest BCUT2D eigenvalue weighted by Crippen LogP contribution is 2.42. The van der Waals surface area contributed by atoms with Gasteiger partial charge >= 0.3 is 16.6 Å². The number of fused-ring (bicyclic) bond motifs is 1. The third kappa shape index (κ3) is 5.55. The minimum atomic E-state index is -5.40. The van der Waals surface area contributed by atoms with E-state index in [9.17, 15) is 26.7 Å². The summed E-state index contributed by atoms with van der Waals surface area (Å²) in [7, 11) is -5.40. The number of aromatic nitrogens is 1. The van der Waals surface area contributed by atoms with Crippen molar-refractivity contribution in [3.05, 3.63) is 23.4 Å². The first-order valence-corrected chi connectivity index (χ1v) is 12.5. The fourth-order valence-corrected chi connectivity index (χ4v) is 4.80. The van der Waals surface area contributed by atoms with Crippen molar-refractivity contribution >= 4 is 39.4 Å². The van der Waals surface area contributed by atoms with Crippen molar-refractivity contribution in [2.75, 3.05) is 13.1 Å². The first-order valence-electron chi connectivity index (χ1n) is 11.2. The number of hydrogen-bond acceptors (Lipinski definition) is 9. The lowest BCUT2D eigenvalue weighted by Gasteiger charge is -2.33. The Hall–Kier alpha value is -3.22. The minimum absolute atomic E-state index is 0.112. The van der Waals surface area contributed by atoms with Crippen molar-refractivity contribution in [3.8, 4) is 5.75 Å². The van der Waals surface area contributed by atoms with Crippen molar-refractivity contribution in [3.63, 3.8) is 0 Å². The Kier molecular flexibility index (Phi) is 6.47. The van der Waals surface area contributed by atoms with Crippen molar-refractivity contribution in [2.24, 2.45) is 0 Å². The van der Waals surface area contributed by atoms with Crippen LogP contribution in [0.2, 0.25) is 0 Å². The highest BCUT2D eigenvalue weighted by atomic mass is 32.3. The Balaban J connectivity index is 1.64. The monoisotopic (exact) mass is 511 g/mol. The molecule has 0 aliphatic carbocycles.